The second-order valence-corrected chi connectivity index (χ2v) is 9.19. The fourth-order valence-corrected chi connectivity index (χ4v) is 4.65. The molecule has 1 unspecified atom stereocenters. The van der Waals surface area contributed by atoms with Gasteiger partial charge < -0.3 is 24.1 Å². The molecule has 1 aliphatic rings. The highest BCUT2D eigenvalue weighted by Gasteiger charge is 2.31. The zero-order valence-corrected chi connectivity index (χ0v) is 21.5. The molecule has 0 bridgehead atoms. The van der Waals surface area contributed by atoms with Crippen molar-refractivity contribution in [2.45, 2.75) is 26.4 Å². The Balaban J connectivity index is 1.74. The molecule has 1 saturated heterocycles. The molecule has 35 heavy (non-hydrogen) atoms. The summed E-state index contributed by atoms with van der Waals surface area (Å²) in [6.07, 6.45) is 1.31. The van der Waals surface area contributed by atoms with Crippen molar-refractivity contribution in [1.82, 2.24) is 4.90 Å². The maximum Gasteiger partial charge on any atom is 0.344 e. The number of carbonyl (C=O) groups excluding carboxylic acids is 1. The highest BCUT2D eigenvalue weighted by atomic mass is 32.2. The first-order valence-electron chi connectivity index (χ1n) is 10.9. The van der Waals surface area contributed by atoms with E-state index in [1.165, 1.54) is 18.7 Å². The van der Waals surface area contributed by atoms with Crippen molar-refractivity contribution >= 4 is 46.3 Å². The van der Waals surface area contributed by atoms with Crippen LogP contribution in [-0.2, 0) is 16.0 Å². The van der Waals surface area contributed by atoms with Crippen molar-refractivity contribution < 1.29 is 33.6 Å². The first kappa shape index (κ1) is 26.4. The lowest BCUT2D eigenvalue weighted by molar-refractivity contribution is -0.144. The summed E-state index contributed by atoms with van der Waals surface area (Å²) < 4.78 is 22.2. The minimum atomic E-state index is -1.08. The Bertz CT molecular complexity index is 1150. The average molecular weight is 518 g/mol. The van der Waals surface area contributed by atoms with Gasteiger partial charge in [0.25, 0.3) is 5.91 Å². The van der Waals surface area contributed by atoms with E-state index in [0.29, 0.717) is 57.4 Å². The number of carboxylic acid groups (broad SMARTS) is 1. The van der Waals surface area contributed by atoms with E-state index in [-0.39, 0.29) is 5.91 Å². The molecule has 1 aliphatic heterocycles. The van der Waals surface area contributed by atoms with Crippen molar-refractivity contribution in [2.75, 3.05) is 27.4 Å². The molecular formula is C25H27NO7S2. The molecule has 3 rings (SSSR count). The van der Waals surface area contributed by atoms with Crippen LogP contribution >= 0.6 is 24.0 Å². The van der Waals surface area contributed by atoms with Crippen LogP contribution in [-0.4, -0.2) is 59.7 Å². The van der Waals surface area contributed by atoms with E-state index >= 15 is 0 Å². The Morgan fingerprint density at radius 3 is 2.49 bits per heavy atom. The fourth-order valence-electron chi connectivity index (χ4n) is 3.34. The first-order valence-corrected chi connectivity index (χ1v) is 12.1. The number of thiocarbonyl (C=S) groups is 1. The Morgan fingerprint density at radius 2 is 1.83 bits per heavy atom. The van der Waals surface area contributed by atoms with Crippen molar-refractivity contribution in [1.29, 1.82) is 0 Å². The number of rotatable bonds is 11. The van der Waals surface area contributed by atoms with Gasteiger partial charge in [0, 0.05) is 6.54 Å². The number of methoxy groups -OCH3 is 2. The van der Waals surface area contributed by atoms with Gasteiger partial charge in [-0.25, -0.2) is 4.79 Å². The van der Waals surface area contributed by atoms with Crippen LogP contribution in [0.15, 0.2) is 41.3 Å². The minimum Gasteiger partial charge on any atom is -0.493 e. The van der Waals surface area contributed by atoms with Crippen molar-refractivity contribution in [2.24, 2.45) is 0 Å². The fraction of sp³-hybridized carbons (Fsp3) is 0.320. The highest BCUT2D eigenvalue weighted by molar-refractivity contribution is 8.26. The van der Waals surface area contributed by atoms with Gasteiger partial charge in [0.1, 0.15) is 4.32 Å². The third-order valence-electron chi connectivity index (χ3n) is 5.16. The van der Waals surface area contributed by atoms with E-state index in [1.807, 2.05) is 25.1 Å². The number of nitrogens with zero attached hydrogens (tertiary/aromatic N) is 1. The Labute approximate surface area is 213 Å². The van der Waals surface area contributed by atoms with Gasteiger partial charge in [0.05, 0.1) is 25.7 Å². The first-order chi connectivity index (χ1) is 16.8. The molecule has 0 saturated carbocycles. The molecule has 1 amide bonds. The quantitative estimate of drug-likeness (QED) is 0.344. The summed E-state index contributed by atoms with van der Waals surface area (Å²) in [6, 6.07) is 10.7. The largest absolute Gasteiger partial charge is 0.493 e. The maximum absolute atomic E-state index is 13.0. The number of hydrogen-bond donors (Lipinski definition) is 1. The molecular weight excluding hydrogens is 490 g/mol. The summed E-state index contributed by atoms with van der Waals surface area (Å²) in [5.74, 6) is 0.752. The van der Waals surface area contributed by atoms with Gasteiger partial charge in [-0.1, -0.05) is 36.1 Å². The lowest BCUT2D eigenvalue weighted by atomic mass is 10.1. The van der Waals surface area contributed by atoms with Crippen LogP contribution in [0.4, 0.5) is 0 Å². The Kier molecular flexibility index (Phi) is 9.00. The zero-order chi connectivity index (χ0) is 25.5. The standard InChI is InChI=1S/C25H27NO7S2/c1-5-32-21-13-17(7-9-19(21)33-15(2)24(28)29)14-22-23(27)26(25(34)35-22)11-10-16-6-8-18(30-3)20(12-16)31-4/h6-9,12-15H,5,10-11H2,1-4H3,(H,28,29)/b22-14+. The maximum atomic E-state index is 13.0. The van der Waals surface area contributed by atoms with Crippen LogP contribution in [0.2, 0.25) is 0 Å². The van der Waals surface area contributed by atoms with E-state index in [4.69, 9.17) is 36.3 Å². The topological polar surface area (TPSA) is 94.5 Å². The van der Waals surface area contributed by atoms with Gasteiger partial charge >= 0.3 is 5.97 Å². The van der Waals surface area contributed by atoms with Crippen LogP contribution in [0.5, 0.6) is 23.0 Å². The Morgan fingerprint density at radius 1 is 1.11 bits per heavy atom. The van der Waals surface area contributed by atoms with E-state index in [0.717, 1.165) is 5.56 Å². The smallest absolute Gasteiger partial charge is 0.344 e. The molecule has 10 heteroatoms. The molecule has 0 radical (unpaired) electrons. The normalized spacial score (nSPS) is 15.3. The number of ether oxygens (including phenoxy) is 4. The molecule has 0 aromatic heterocycles. The lowest BCUT2D eigenvalue weighted by Crippen LogP contribution is -2.30. The van der Waals surface area contributed by atoms with Crippen LogP contribution in [0.1, 0.15) is 25.0 Å². The summed E-state index contributed by atoms with van der Waals surface area (Å²) >= 11 is 6.69. The van der Waals surface area contributed by atoms with Crippen molar-refractivity contribution in [3.8, 4) is 23.0 Å². The zero-order valence-electron chi connectivity index (χ0n) is 19.9. The van der Waals surface area contributed by atoms with Crippen LogP contribution < -0.4 is 18.9 Å². The number of aliphatic carboxylic acids is 1. The molecule has 186 valence electrons. The van der Waals surface area contributed by atoms with Gasteiger partial charge in [-0.3, -0.25) is 9.69 Å². The summed E-state index contributed by atoms with van der Waals surface area (Å²) in [6.45, 7) is 4.07. The molecule has 2 aromatic carbocycles. The molecule has 1 N–H and O–H groups in total. The van der Waals surface area contributed by atoms with E-state index in [1.54, 1.807) is 43.4 Å². The van der Waals surface area contributed by atoms with Gasteiger partial charge in [-0.05, 0) is 61.7 Å². The highest BCUT2D eigenvalue weighted by Crippen LogP contribution is 2.35. The van der Waals surface area contributed by atoms with Gasteiger partial charge in [0.2, 0.25) is 0 Å². The van der Waals surface area contributed by atoms with E-state index < -0.39 is 12.1 Å². The van der Waals surface area contributed by atoms with Crippen LogP contribution in [0, 0.1) is 0 Å². The van der Waals surface area contributed by atoms with E-state index in [2.05, 4.69) is 0 Å². The number of amides is 1. The summed E-state index contributed by atoms with van der Waals surface area (Å²) in [5.41, 5.74) is 1.71. The lowest BCUT2D eigenvalue weighted by Gasteiger charge is -2.15. The third kappa shape index (κ3) is 6.46. The number of hydrogen-bond acceptors (Lipinski definition) is 8. The molecule has 2 aromatic rings. The van der Waals surface area contributed by atoms with Crippen molar-refractivity contribution in [3.05, 3.63) is 52.4 Å². The van der Waals surface area contributed by atoms with Gasteiger partial charge in [-0.15, -0.1) is 0 Å². The molecule has 0 aliphatic carbocycles. The Hall–Kier alpha value is -3.24. The van der Waals surface area contributed by atoms with Gasteiger partial charge in [0.15, 0.2) is 29.1 Å². The second kappa shape index (κ2) is 11.9. The monoisotopic (exact) mass is 517 g/mol. The predicted octanol–water partition coefficient (Wildman–Crippen LogP) is 4.40. The number of benzene rings is 2. The summed E-state index contributed by atoms with van der Waals surface area (Å²) in [5, 5.41) is 9.11. The number of carbonyl (C=O) groups is 2. The molecule has 8 nitrogen and oxygen atoms in total. The molecule has 1 atom stereocenters. The number of thioether (sulfide) groups is 1. The minimum absolute atomic E-state index is 0.168. The van der Waals surface area contributed by atoms with Crippen LogP contribution in [0.3, 0.4) is 0 Å². The summed E-state index contributed by atoms with van der Waals surface area (Å²) in [7, 11) is 3.16. The summed E-state index contributed by atoms with van der Waals surface area (Å²) in [4.78, 5) is 26.3. The average Bonchev–Trinajstić information content (AvgIpc) is 3.10. The molecule has 1 heterocycles. The number of carboxylic acids is 1. The molecule has 1 fully saturated rings. The van der Waals surface area contributed by atoms with Crippen LogP contribution in [0.25, 0.3) is 6.08 Å². The van der Waals surface area contributed by atoms with E-state index in [9.17, 15) is 9.59 Å². The predicted molar refractivity (Wildman–Crippen MR) is 138 cm³/mol. The van der Waals surface area contributed by atoms with Gasteiger partial charge in [-0.2, -0.15) is 0 Å². The van der Waals surface area contributed by atoms with Crippen molar-refractivity contribution in [3.63, 3.8) is 0 Å². The second-order valence-electron chi connectivity index (χ2n) is 7.51. The molecule has 0 spiro atoms. The SMILES string of the molecule is CCOc1cc(/C=C2/SC(=S)N(CCc3ccc(OC)c(OC)c3)C2=O)ccc1OC(C)C(=O)O. The third-order valence-corrected chi connectivity index (χ3v) is 6.54.